The highest BCUT2D eigenvalue weighted by Crippen LogP contribution is 2.19. The van der Waals surface area contributed by atoms with Crippen molar-refractivity contribution < 1.29 is 19.7 Å². The van der Waals surface area contributed by atoms with Crippen LogP contribution in [0, 0.1) is 0 Å². The molecule has 0 spiro atoms. The summed E-state index contributed by atoms with van der Waals surface area (Å²) in [4.78, 5) is 0. The molecule has 0 saturated carbocycles. The number of benzene rings is 1. The number of rotatable bonds is 4. The summed E-state index contributed by atoms with van der Waals surface area (Å²) < 4.78 is 11.0. The van der Waals surface area contributed by atoms with E-state index in [-0.39, 0.29) is 6.61 Å². The summed E-state index contributed by atoms with van der Waals surface area (Å²) in [6.45, 7) is 0.760. The van der Waals surface area contributed by atoms with Crippen LogP contribution in [-0.2, 0) is 16.1 Å². The SMILES string of the molecule is OC[C@H]1OCC[C@@H](O)[C@@H]1OCc1ccccc1. The van der Waals surface area contributed by atoms with Crippen LogP contribution in [0.1, 0.15) is 12.0 Å². The Morgan fingerprint density at radius 1 is 1.29 bits per heavy atom. The predicted octanol–water partition coefficient (Wildman–Crippen LogP) is 0.714. The Morgan fingerprint density at radius 3 is 2.76 bits per heavy atom. The Hall–Kier alpha value is -0.940. The number of hydrogen-bond donors (Lipinski definition) is 2. The van der Waals surface area contributed by atoms with E-state index in [0.29, 0.717) is 19.6 Å². The first-order valence-electron chi connectivity index (χ1n) is 5.87. The third kappa shape index (κ3) is 3.26. The average molecular weight is 238 g/mol. The predicted molar refractivity (Wildman–Crippen MR) is 62.5 cm³/mol. The zero-order valence-corrected chi connectivity index (χ0v) is 9.66. The first kappa shape index (κ1) is 12.5. The van der Waals surface area contributed by atoms with Crippen LogP contribution >= 0.6 is 0 Å². The van der Waals surface area contributed by atoms with E-state index in [1.54, 1.807) is 0 Å². The monoisotopic (exact) mass is 238 g/mol. The molecular formula is C13H18O4. The molecule has 1 aliphatic rings. The molecule has 17 heavy (non-hydrogen) atoms. The molecule has 1 aromatic carbocycles. The molecule has 0 bridgehead atoms. The van der Waals surface area contributed by atoms with E-state index >= 15 is 0 Å². The van der Waals surface area contributed by atoms with Crippen molar-refractivity contribution >= 4 is 0 Å². The molecule has 1 heterocycles. The van der Waals surface area contributed by atoms with Gasteiger partial charge in [-0.3, -0.25) is 0 Å². The smallest absolute Gasteiger partial charge is 0.112 e. The molecule has 2 rings (SSSR count). The molecule has 1 aromatic rings. The quantitative estimate of drug-likeness (QED) is 0.811. The summed E-state index contributed by atoms with van der Waals surface area (Å²) in [6.07, 6.45) is -0.892. The summed E-state index contributed by atoms with van der Waals surface area (Å²) in [6, 6.07) is 9.75. The average Bonchev–Trinajstić information content (AvgIpc) is 2.38. The fraction of sp³-hybridized carbons (Fsp3) is 0.538. The topological polar surface area (TPSA) is 58.9 Å². The largest absolute Gasteiger partial charge is 0.394 e. The van der Waals surface area contributed by atoms with Crippen LogP contribution < -0.4 is 0 Å². The molecule has 1 aliphatic heterocycles. The van der Waals surface area contributed by atoms with Gasteiger partial charge in [0.25, 0.3) is 0 Å². The van der Waals surface area contributed by atoms with E-state index in [9.17, 15) is 5.11 Å². The lowest BCUT2D eigenvalue weighted by Crippen LogP contribution is -2.47. The number of ether oxygens (including phenoxy) is 2. The van der Waals surface area contributed by atoms with Crippen LogP contribution in [0.2, 0.25) is 0 Å². The molecule has 1 saturated heterocycles. The Morgan fingerprint density at radius 2 is 2.06 bits per heavy atom. The van der Waals surface area contributed by atoms with Gasteiger partial charge in [-0.1, -0.05) is 30.3 Å². The standard InChI is InChI=1S/C13H18O4/c14-8-12-13(11(15)6-7-16-12)17-9-10-4-2-1-3-5-10/h1-5,11-15H,6-9H2/t11-,12-,13+/m1/s1. The minimum Gasteiger partial charge on any atom is -0.394 e. The maximum Gasteiger partial charge on any atom is 0.112 e. The van der Waals surface area contributed by atoms with E-state index in [1.165, 1.54) is 0 Å². The van der Waals surface area contributed by atoms with Crippen LogP contribution in [-0.4, -0.2) is 41.7 Å². The molecule has 1 fully saturated rings. The van der Waals surface area contributed by atoms with Crippen LogP contribution in [0.25, 0.3) is 0 Å². The van der Waals surface area contributed by atoms with Gasteiger partial charge >= 0.3 is 0 Å². The highest BCUT2D eigenvalue weighted by atomic mass is 16.6. The molecule has 3 atom stereocenters. The van der Waals surface area contributed by atoms with Crippen LogP contribution in [0.5, 0.6) is 0 Å². The van der Waals surface area contributed by atoms with Crippen molar-refractivity contribution in [3.63, 3.8) is 0 Å². The van der Waals surface area contributed by atoms with Gasteiger partial charge in [-0.25, -0.2) is 0 Å². The maximum absolute atomic E-state index is 9.83. The van der Waals surface area contributed by atoms with Crippen molar-refractivity contribution in [1.29, 1.82) is 0 Å². The summed E-state index contributed by atoms with van der Waals surface area (Å²) in [5.74, 6) is 0. The van der Waals surface area contributed by atoms with Gasteiger partial charge in [0.15, 0.2) is 0 Å². The first-order valence-corrected chi connectivity index (χ1v) is 5.87. The van der Waals surface area contributed by atoms with Gasteiger partial charge in [-0.2, -0.15) is 0 Å². The second-order valence-corrected chi connectivity index (χ2v) is 4.21. The molecule has 4 heteroatoms. The van der Waals surface area contributed by atoms with E-state index < -0.39 is 18.3 Å². The Labute approximate surface area is 101 Å². The minimum absolute atomic E-state index is 0.128. The number of aliphatic hydroxyl groups is 2. The number of aliphatic hydroxyl groups excluding tert-OH is 2. The third-order valence-corrected chi connectivity index (χ3v) is 2.96. The summed E-state index contributed by atoms with van der Waals surface area (Å²) in [5.41, 5.74) is 1.04. The van der Waals surface area contributed by atoms with Crippen LogP contribution in [0.4, 0.5) is 0 Å². The van der Waals surface area contributed by atoms with Crippen molar-refractivity contribution in [3.8, 4) is 0 Å². The Kier molecular flexibility index (Phi) is 4.50. The lowest BCUT2D eigenvalue weighted by Gasteiger charge is -2.34. The minimum atomic E-state index is -0.565. The summed E-state index contributed by atoms with van der Waals surface area (Å²) >= 11 is 0. The zero-order chi connectivity index (χ0) is 12.1. The summed E-state index contributed by atoms with van der Waals surface area (Å²) in [7, 11) is 0. The first-order chi connectivity index (χ1) is 8.31. The van der Waals surface area contributed by atoms with Crippen molar-refractivity contribution in [1.82, 2.24) is 0 Å². The van der Waals surface area contributed by atoms with Gasteiger partial charge in [0.05, 0.1) is 19.3 Å². The second-order valence-electron chi connectivity index (χ2n) is 4.21. The second kappa shape index (κ2) is 6.12. The van der Waals surface area contributed by atoms with Gasteiger partial charge in [-0.15, -0.1) is 0 Å². The van der Waals surface area contributed by atoms with E-state index in [0.717, 1.165) is 5.56 Å². The van der Waals surface area contributed by atoms with Gasteiger partial charge in [0.2, 0.25) is 0 Å². The van der Waals surface area contributed by atoms with Gasteiger partial charge < -0.3 is 19.7 Å². The molecule has 0 radical (unpaired) electrons. The van der Waals surface area contributed by atoms with Crippen LogP contribution in [0.3, 0.4) is 0 Å². The molecular weight excluding hydrogens is 220 g/mol. The van der Waals surface area contributed by atoms with Crippen molar-refractivity contribution in [2.75, 3.05) is 13.2 Å². The lowest BCUT2D eigenvalue weighted by atomic mass is 10.0. The molecule has 94 valence electrons. The highest BCUT2D eigenvalue weighted by Gasteiger charge is 2.33. The fourth-order valence-corrected chi connectivity index (χ4v) is 1.99. The van der Waals surface area contributed by atoms with Crippen LogP contribution in [0.15, 0.2) is 30.3 Å². The molecule has 0 aliphatic carbocycles. The van der Waals surface area contributed by atoms with Gasteiger partial charge in [0.1, 0.15) is 12.2 Å². The Bertz CT molecular complexity index is 327. The molecule has 0 unspecified atom stereocenters. The van der Waals surface area contributed by atoms with Crippen molar-refractivity contribution in [2.24, 2.45) is 0 Å². The highest BCUT2D eigenvalue weighted by molar-refractivity contribution is 5.13. The third-order valence-electron chi connectivity index (χ3n) is 2.96. The molecule has 2 N–H and O–H groups in total. The molecule has 0 amide bonds. The van der Waals surface area contributed by atoms with Gasteiger partial charge in [0, 0.05) is 6.61 Å². The maximum atomic E-state index is 9.83. The fourth-order valence-electron chi connectivity index (χ4n) is 1.99. The molecule has 0 aromatic heterocycles. The van der Waals surface area contributed by atoms with E-state index in [4.69, 9.17) is 14.6 Å². The van der Waals surface area contributed by atoms with Crippen molar-refractivity contribution in [3.05, 3.63) is 35.9 Å². The molecule has 4 nitrogen and oxygen atoms in total. The summed E-state index contributed by atoms with van der Waals surface area (Å²) in [5, 5.41) is 19.0. The van der Waals surface area contributed by atoms with Crippen molar-refractivity contribution in [2.45, 2.75) is 31.3 Å². The van der Waals surface area contributed by atoms with E-state index in [2.05, 4.69) is 0 Å². The zero-order valence-electron chi connectivity index (χ0n) is 9.66. The normalized spacial score (nSPS) is 29.2. The number of hydrogen-bond acceptors (Lipinski definition) is 4. The van der Waals surface area contributed by atoms with E-state index in [1.807, 2.05) is 30.3 Å². The van der Waals surface area contributed by atoms with Gasteiger partial charge in [-0.05, 0) is 12.0 Å². The lowest BCUT2D eigenvalue weighted by molar-refractivity contribution is -0.174. The Balaban J connectivity index is 1.92.